The van der Waals surface area contributed by atoms with E-state index in [-0.39, 0.29) is 18.6 Å². The van der Waals surface area contributed by atoms with Crippen LogP contribution >= 0.6 is 0 Å². The Balaban J connectivity index is 2.77. The van der Waals surface area contributed by atoms with E-state index in [4.69, 9.17) is 5.11 Å². The maximum Gasteiger partial charge on any atom is 0.255 e. The Morgan fingerprint density at radius 3 is 2.74 bits per heavy atom. The highest BCUT2D eigenvalue weighted by Gasteiger charge is 2.13. The maximum absolute atomic E-state index is 13.6. The Labute approximate surface area is 108 Å². The quantitative estimate of drug-likeness (QED) is 0.816. The lowest BCUT2D eigenvalue weighted by Crippen LogP contribution is -2.29. The first-order valence-electron chi connectivity index (χ1n) is 5.50. The third-order valence-corrected chi connectivity index (χ3v) is 2.10. The first-order chi connectivity index (χ1) is 9.04. The highest BCUT2D eigenvalue weighted by Crippen LogP contribution is 2.10. The summed E-state index contributed by atoms with van der Waals surface area (Å²) >= 11 is 0. The van der Waals surface area contributed by atoms with Crippen LogP contribution in [0.3, 0.4) is 0 Å². The molecule has 0 saturated heterocycles. The number of aliphatic hydroxyl groups is 1. The summed E-state index contributed by atoms with van der Waals surface area (Å²) in [6.07, 6.45) is -2.42. The normalized spacial score (nSPS) is 9.95. The minimum Gasteiger partial charge on any atom is -0.395 e. The van der Waals surface area contributed by atoms with Crippen molar-refractivity contribution in [3.63, 3.8) is 0 Å². The van der Waals surface area contributed by atoms with Crippen molar-refractivity contribution in [2.45, 2.75) is 12.8 Å². The second-order valence-corrected chi connectivity index (χ2v) is 3.57. The lowest BCUT2D eigenvalue weighted by molar-refractivity contribution is 0.0888. The van der Waals surface area contributed by atoms with Crippen molar-refractivity contribution in [2.24, 2.45) is 0 Å². The van der Waals surface area contributed by atoms with Crippen LogP contribution in [-0.4, -0.2) is 30.6 Å². The predicted octanol–water partition coefficient (Wildman–Crippen LogP) is 1.55. The minimum atomic E-state index is -2.68. The van der Waals surface area contributed by atoms with Gasteiger partial charge in [-0.1, -0.05) is 11.8 Å². The summed E-state index contributed by atoms with van der Waals surface area (Å²) in [4.78, 5) is 11.4. The lowest BCUT2D eigenvalue weighted by atomic mass is 10.1. The number of aliphatic hydroxyl groups excluding tert-OH is 1. The van der Waals surface area contributed by atoms with Gasteiger partial charge in [-0.25, -0.2) is 13.2 Å². The summed E-state index contributed by atoms with van der Waals surface area (Å²) in [5, 5.41) is 10.4. The SMILES string of the molecule is O=C(NCC(F)F)c1ccc(C#CCCO)cc1F. The molecule has 0 aliphatic heterocycles. The average Bonchev–Trinajstić information content (AvgIpc) is 2.36. The van der Waals surface area contributed by atoms with Crippen LogP contribution in [-0.2, 0) is 0 Å². The van der Waals surface area contributed by atoms with Crippen LogP contribution in [0, 0.1) is 17.7 Å². The third-order valence-electron chi connectivity index (χ3n) is 2.10. The van der Waals surface area contributed by atoms with Gasteiger partial charge in [0.25, 0.3) is 12.3 Å². The molecule has 3 nitrogen and oxygen atoms in total. The van der Waals surface area contributed by atoms with Crippen molar-refractivity contribution < 1.29 is 23.1 Å². The van der Waals surface area contributed by atoms with Crippen molar-refractivity contribution in [3.05, 3.63) is 35.1 Å². The van der Waals surface area contributed by atoms with Gasteiger partial charge >= 0.3 is 0 Å². The molecule has 0 heterocycles. The van der Waals surface area contributed by atoms with E-state index in [2.05, 4.69) is 11.8 Å². The number of nitrogens with one attached hydrogen (secondary N) is 1. The van der Waals surface area contributed by atoms with Gasteiger partial charge in [-0.05, 0) is 18.2 Å². The number of carbonyl (C=O) groups excluding carboxylic acids is 1. The zero-order valence-electron chi connectivity index (χ0n) is 9.92. The summed E-state index contributed by atoms with van der Waals surface area (Å²) in [5.41, 5.74) is 0.0321. The van der Waals surface area contributed by atoms with E-state index in [1.54, 1.807) is 0 Å². The average molecular weight is 271 g/mol. The summed E-state index contributed by atoms with van der Waals surface area (Å²) < 4.78 is 37.4. The van der Waals surface area contributed by atoms with E-state index >= 15 is 0 Å². The predicted molar refractivity (Wildman–Crippen MR) is 63.3 cm³/mol. The van der Waals surface area contributed by atoms with E-state index in [9.17, 15) is 18.0 Å². The number of halogens is 3. The highest BCUT2D eigenvalue weighted by molar-refractivity contribution is 5.94. The topological polar surface area (TPSA) is 49.3 Å². The number of carbonyl (C=O) groups is 1. The standard InChI is InChI=1S/C13H12F3NO2/c14-11-7-9(3-1-2-6-18)4-5-10(11)13(19)17-8-12(15)16/h4-5,7,12,18H,2,6,8H2,(H,17,19). The molecule has 2 N–H and O–H groups in total. The fraction of sp³-hybridized carbons (Fsp3) is 0.308. The van der Waals surface area contributed by atoms with Crippen LogP contribution in [0.2, 0.25) is 0 Å². The molecule has 1 rings (SSSR count). The van der Waals surface area contributed by atoms with Gasteiger partial charge in [0.15, 0.2) is 0 Å². The van der Waals surface area contributed by atoms with Crippen LogP contribution < -0.4 is 5.32 Å². The van der Waals surface area contributed by atoms with E-state index in [1.165, 1.54) is 12.1 Å². The Kier molecular flexibility index (Phi) is 5.90. The fourth-order valence-electron chi connectivity index (χ4n) is 1.26. The van der Waals surface area contributed by atoms with Crippen molar-refractivity contribution in [2.75, 3.05) is 13.2 Å². The molecule has 0 atom stereocenters. The largest absolute Gasteiger partial charge is 0.395 e. The number of amides is 1. The van der Waals surface area contributed by atoms with Gasteiger partial charge in [0.2, 0.25) is 0 Å². The molecule has 0 aliphatic carbocycles. The molecule has 0 radical (unpaired) electrons. The summed E-state index contributed by atoms with van der Waals surface area (Å²) in [6.45, 7) is -0.917. The zero-order chi connectivity index (χ0) is 14.3. The second-order valence-electron chi connectivity index (χ2n) is 3.57. The summed E-state index contributed by atoms with van der Waals surface area (Å²) in [7, 11) is 0. The number of hydrogen-bond donors (Lipinski definition) is 2. The molecule has 0 bridgehead atoms. The Morgan fingerprint density at radius 2 is 2.16 bits per heavy atom. The molecule has 1 aromatic rings. The van der Waals surface area contributed by atoms with Crippen molar-refractivity contribution in [3.8, 4) is 11.8 Å². The number of hydrogen-bond acceptors (Lipinski definition) is 2. The molecule has 19 heavy (non-hydrogen) atoms. The first kappa shape index (κ1) is 15.1. The zero-order valence-corrected chi connectivity index (χ0v) is 9.92. The van der Waals surface area contributed by atoms with Crippen LogP contribution in [0.5, 0.6) is 0 Å². The number of alkyl halides is 2. The summed E-state index contributed by atoms with van der Waals surface area (Å²) in [5.74, 6) is 3.48. The van der Waals surface area contributed by atoms with Gasteiger partial charge in [-0.3, -0.25) is 4.79 Å². The van der Waals surface area contributed by atoms with Crippen LogP contribution in [0.25, 0.3) is 0 Å². The maximum atomic E-state index is 13.6. The number of rotatable bonds is 4. The summed E-state index contributed by atoms with van der Waals surface area (Å²) in [6, 6.07) is 3.63. The molecule has 0 saturated carbocycles. The molecule has 0 aliphatic rings. The van der Waals surface area contributed by atoms with Crippen molar-refractivity contribution in [1.29, 1.82) is 0 Å². The third kappa shape index (κ3) is 5.02. The minimum absolute atomic E-state index is 0.0937. The van der Waals surface area contributed by atoms with E-state index in [0.29, 0.717) is 5.56 Å². The lowest BCUT2D eigenvalue weighted by Gasteiger charge is -2.05. The fourth-order valence-corrected chi connectivity index (χ4v) is 1.26. The van der Waals surface area contributed by atoms with Gasteiger partial charge in [0.05, 0.1) is 18.7 Å². The van der Waals surface area contributed by atoms with E-state index in [0.717, 1.165) is 6.07 Å². The monoisotopic (exact) mass is 271 g/mol. The van der Waals surface area contributed by atoms with Gasteiger partial charge in [0.1, 0.15) is 5.82 Å². The van der Waals surface area contributed by atoms with Crippen LogP contribution in [0.15, 0.2) is 18.2 Å². The van der Waals surface area contributed by atoms with Gasteiger partial charge in [0, 0.05) is 12.0 Å². The van der Waals surface area contributed by atoms with Gasteiger partial charge < -0.3 is 10.4 Å². The second kappa shape index (κ2) is 7.44. The van der Waals surface area contributed by atoms with Crippen molar-refractivity contribution in [1.82, 2.24) is 5.32 Å². The van der Waals surface area contributed by atoms with Crippen molar-refractivity contribution >= 4 is 5.91 Å². The molecular formula is C13H12F3NO2. The van der Waals surface area contributed by atoms with Gasteiger partial charge in [-0.15, -0.1) is 0 Å². The molecule has 0 fully saturated rings. The molecular weight excluding hydrogens is 259 g/mol. The Morgan fingerprint density at radius 1 is 1.42 bits per heavy atom. The smallest absolute Gasteiger partial charge is 0.255 e. The highest BCUT2D eigenvalue weighted by atomic mass is 19.3. The van der Waals surface area contributed by atoms with Crippen LogP contribution in [0.1, 0.15) is 22.3 Å². The molecule has 0 unspecified atom stereocenters. The molecule has 1 amide bonds. The van der Waals surface area contributed by atoms with E-state index < -0.39 is 24.7 Å². The molecule has 0 aromatic heterocycles. The molecule has 0 spiro atoms. The first-order valence-corrected chi connectivity index (χ1v) is 5.50. The molecule has 6 heteroatoms. The van der Waals surface area contributed by atoms with E-state index in [1.807, 2.05) is 5.32 Å². The number of benzene rings is 1. The van der Waals surface area contributed by atoms with Crippen LogP contribution in [0.4, 0.5) is 13.2 Å². The Bertz CT molecular complexity index is 506. The molecule has 102 valence electrons. The molecule has 1 aromatic carbocycles. The van der Waals surface area contributed by atoms with Gasteiger partial charge in [-0.2, -0.15) is 0 Å². The Hall–Kier alpha value is -2.00.